The second kappa shape index (κ2) is 8.17. The van der Waals surface area contributed by atoms with Crippen molar-refractivity contribution in [3.63, 3.8) is 0 Å². The molecule has 4 aromatic rings. The Bertz CT molecular complexity index is 1350. The Labute approximate surface area is 198 Å². The molecule has 3 aromatic heterocycles. The predicted molar refractivity (Wildman–Crippen MR) is 129 cm³/mol. The number of halogens is 1. The average molecular weight is 458 g/mol. The fraction of sp³-hybridized carbons (Fsp3) is 0.370. The number of hydrogen-bond donors (Lipinski definition) is 0. The van der Waals surface area contributed by atoms with Crippen molar-refractivity contribution in [1.82, 2.24) is 19.6 Å². The largest absolute Gasteiger partial charge is 0.380 e. The van der Waals surface area contributed by atoms with Gasteiger partial charge >= 0.3 is 0 Å². The highest BCUT2D eigenvalue weighted by Crippen LogP contribution is 2.45. The monoisotopic (exact) mass is 457 g/mol. The van der Waals surface area contributed by atoms with Crippen molar-refractivity contribution in [3.05, 3.63) is 77.1 Å². The van der Waals surface area contributed by atoms with Crippen LogP contribution >= 0.6 is 0 Å². The van der Waals surface area contributed by atoms with E-state index in [1.165, 1.54) is 17.3 Å². The van der Waals surface area contributed by atoms with Crippen molar-refractivity contribution in [2.75, 3.05) is 25.1 Å². The second-order valence-electron chi connectivity index (χ2n) is 9.66. The molecule has 34 heavy (non-hydrogen) atoms. The van der Waals surface area contributed by atoms with Crippen LogP contribution in [0.4, 0.5) is 10.2 Å². The number of hydrogen-bond acceptors (Lipinski definition) is 5. The first-order chi connectivity index (χ1) is 16.6. The van der Waals surface area contributed by atoms with Crippen molar-refractivity contribution >= 4 is 11.3 Å². The first-order valence-corrected chi connectivity index (χ1v) is 11.9. The predicted octanol–water partition coefficient (Wildman–Crippen LogP) is 4.77. The highest BCUT2D eigenvalue weighted by molar-refractivity contribution is 5.78. The number of rotatable bonds is 4. The number of nitrogens with zero attached hydrogens (tertiary/aromatic N) is 5. The Morgan fingerprint density at radius 1 is 1.09 bits per heavy atom. The van der Waals surface area contributed by atoms with E-state index in [1.54, 1.807) is 19.2 Å². The smallest absolute Gasteiger partial charge is 0.155 e. The molecule has 0 unspecified atom stereocenters. The van der Waals surface area contributed by atoms with Gasteiger partial charge in [-0.25, -0.2) is 13.9 Å². The average Bonchev–Trinajstić information content (AvgIpc) is 3.41. The number of aromatic nitrogens is 4. The topological polar surface area (TPSA) is 55.6 Å². The number of benzene rings is 1. The molecule has 0 bridgehead atoms. The van der Waals surface area contributed by atoms with Gasteiger partial charge in [0, 0.05) is 43.2 Å². The molecule has 6 nitrogen and oxygen atoms in total. The van der Waals surface area contributed by atoms with E-state index in [1.807, 2.05) is 36.0 Å². The molecule has 0 N–H and O–H groups in total. The standard InChI is InChI=1S/C27H28FN5O/c1-18-24(21-7-3-4-8-22(21)28)33-25(20(16-30-33)17-34-2)26(31-18)32-12-9-27(10-13-32)14-19-6-5-11-29-23(19)15-27/h3-8,11,16H,9-10,12-15,17H2,1-2H3. The summed E-state index contributed by atoms with van der Waals surface area (Å²) in [6.07, 6.45) is 8.09. The number of fused-ring (bicyclic) bond motifs is 2. The molecule has 0 saturated carbocycles. The molecular formula is C27H28FN5O. The first-order valence-electron chi connectivity index (χ1n) is 11.9. The fourth-order valence-electron chi connectivity index (χ4n) is 5.81. The van der Waals surface area contributed by atoms with Crippen LogP contribution in [-0.4, -0.2) is 39.8 Å². The number of methoxy groups -OCH3 is 1. The Morgan fingerprint density at radius 2 is 1.91 bits per heavy atom. The van der Waals surface area contributed by atoms with Crippen LogP contribution in [0.25, 0.3) is 16.8 Å². The quantitative estimate of drug-likeness (QED) is 0.442. The molecule has 7 heteroatoms. The van der Waals surface area contributed by atoms with Gasteiger partial charge in [-0.15, -0.1) is 0 Å². The van der Waals surface area contributed by atoms with Gasteiger partial charge in [0.2, 0.25) is 0 Å². The molecule has 1 spiro atoms. The van der Waals surface area contributed by atoms with E-state index in [0.717, 1.165) is 61.4 Å². The fourth-order valence-corrected chi connectivity index (χ4v) is 5.81. The minimum Gasteiger partial charge on any atom is -0.380 e. The SMILES string of the molecule is COCc1cnn2c(-c3ccccc3F)c(C)nc(N3CCC4(CC3)Cc3cccnc3C4)c12. The van der Waals surface area contributed by atoms with E-state index >= 15 is 0 Å². The first kappa shape index (κ1) is 21.2. The van der Waals surface area contributed by atoms with Gasteiger partial charge in [-0.1, -0.05) is 18.2 Å². The zero-order valence-electron chi connectivity index (χ0n) is 19.6. The van der Waals surface area contributed by atoms with E-state index in [0.29, 0.717) is 23.3 Å². The number of pyridine rings is 1. The summed E-state index contributed by atoms with van der Waals surface area (Å²) in [7, 11) is 1.68. The molecule has 174 valence electrons. The number of ether oxygens (including phenoxy) is 1. The lowest BCUT2D eigenvalue weighted by molar-refractivity contribution is 0.186. The van der Waals surface area contributed by atoms with Crippen LogP contribution in [0.3, 0.4) is 0 Å². The summed E-state index contributed by atoms with van der Waals surface area (Å²) in [6, 6.07) is 11.1. The van der Waals surface area contributed by atoms with Crippen molar-refractivity contribution in [2.45, 2.75) is 39.2 Å². The Morgan fingerprint density at radius 3 is 2.68 bits per heavy atom. The summed E-state index contributed by atoms with van der Waals surface area (Å²) < 4.78 is 22.1. The highest BCUT2D eigenvalue weighted by Gasteiger charge is 2.41. The molecular weight excluding hydrogens is 429 g/mol. The molecule has 1 aromatic carbocycles. The van der Waals surface area contributed by atoms with Gasteiger partial charge in [0.25, 0.3) is 0 Å². The molecule has 0 amide bonds. The van der Waals surface area contributed by atoms with Crippen molar-refractivity contribution in [2.24, 2.45) is 5.41 Å². The van der Waals surface area contributed by atoms with Gasteiger partial charge in [-0.2, -0.15) is 5.10 Å². The van der Waals surface area contributed by atoms with Crippen LogP contribution in [-0.2, 0) is 24.2 Å². The van der Waals surface area contributed by atoms with Crippen LogP contribution in [0.2, 0.25) is 0 Å². The Hall–Kier alpha value is -3.32. The van der Waals surface area contributed by atoms with E-state index in [4.69, 9.17) is 9.72 Å². The van der Waals surface area contributed by atoms with Crippen LogP contribution < -0.4 is 4.90 Å². The molecule has 1 aliphatic heterocycles. The number of aryl methyl sites for hydroxylation is 1. The maximum absolute atomic E-state index is 14.8. The third kappa shape index (κ3) is 3.38. The lowest BCUT2D eigenvalue weighted by Gasteiger charge is -2.40. The molecule has 2 aliphatic rings. The molecule has 4 heterocycles. The van der Waals surface area contributed by atoms with E-state index in [2.05, 4.69) is 21.0 Å². The minimum absolute atomic E-state index is 0.278. The normalized spacial score (nSPS) is 17.0. The van der Waals surface area contributed by atoms with Crippen LogP contribution in [0.1, 0.15) is 35.4 Å². The summed E-state index contributed by atoms with van der Waals surface area (Å²) in [5, 5.41) is 4.66. The van der Waals surface area contributed by atoms with Gasteiger partial charge in [0.15, 0.2) is 5.82 Å². The Balaban J connectivity index is 1.38. The van der Waals surface area contributed by atoms with E-state index < -0.39 is 0 Å². The lowest BCUT2D eigenvalue weighted by Crippen LogP contribution is -2.41. The number of anilines is 1. The molecule has 1 saturated heterocycles. The molecule has 0 atom stereocenters. The van der Waals surface area contributed by atoms with Crippen LogP contribution in [0, 0.1) is 18.2 Å². The number of piperidine rings is 1. The van der Waals surface area contributed by atoms with Crippen LogP contribution in [0.15, 0.2) is 48.8 Å². The second-order valence-corrected chi connectivity index (χ2v) is 9.66. The van der Waals surface area contributed by atoms with Crippen molar-refractivity contribution in [3.8, 4) is 11.3 Å². The zero-order chi connectivity index (χ0) is 23.3. The maximum Gasteiger partial charge on any atom is 0.155 e. The van der Waals surface area contributed by atoms with E-state index in [9.17, 15) is 4.39 Å². The molecule has 0 radical (unpaired) electrons. The Kier molecular flexibility index (Phi) is 5.10. The van der Waals surface area contributed by atoms with E-state index in [-0.39, 0.29) is 5.82 Å². The molecule has 1 fully saturated rings. The summed E-state index contributed by atoms with van der Waals surface area (Å²) in [6.45, 7) is 4.21. The summed E-state index contributed by atoms with van der Waals surface area (Å²) in [4.78, 5) is 12.0. The third-order valence-electron chi connectivity index (χ3n) is 7.53. The van der Waals surface area contributed by atoms with Gasteiger partial charge in [-0.05, 0) is 61.8 Å². The van der Waals surface area contributed by atoms with Crippen molar-refractivity contribution < 1.29 is 9.13 Å². The van der Waals surface area contributed by atoms with Gasteiger partial charge in [0.1, 0.15) is 11.3 Å². The minimum atomic E-state index is -0.278. The zero-order valence-corrected chi connectivity index (χ0v) is 19.6. The highest BCUT2D eigenvalue weighted by atomic mass is 19.1. The summed E-state index contributed by atoms with van der Waals surface area (Å²) >= 11 is 0. The van der Waals surface area contributed by atoms with Crippen molar-refractivity contribution in [1.29, 1.82) is 0 Å². The lowest BCUT2D eigenvalue weighted by atomic mass is 9.76. The van der Waals surface area contributed by atoms with Gasteiger partial charge < -0.3 is 9.64 Å². The van der Waals surface area contributed by atoms with Gasteiger partial charge in [-0.3, -0.25) is 4.98 Å². The maximum atomic E-state index is 14.8. The summed E-state index contributed by atoms with van der Waals surface area (Å²) in [5.41, 5.74) is 6.77. The summed E-state index contributed by atoms with van der Waals surface area (Å²) in [5.74, 6) is 0.630. The molecule has 6 rings (SSSR count). The van der Waals surface area contributed by atoms with Gasteiger partial charge in [0.05, 0.1) is 24.2 Å². The molecule has 1 aliphatic carbocycles. The third-order valence-corrected chi connectivity index (χ3v) is 7.53. The van der Waals surface area contributed by atoms with Crippen LogP contribution in [0.5, 0.6) is 0 Å².